The summed E-state index contributed by atoms with van der Waals surface area (Å²) in [7, 11) is 0. The first-order valence-electron chi connectivity index (χ1n) is 9.45. The average molecular weight is 372 g/mol. The van der Waals surface area contributed by atoms with Crippen LogP contribution in [0.4, 0.5) is 5.69 Å². The van der Waals surface area contributed by atoms with Gasteiger partial charge in [0.25, 0.3) is 0 Å². The number of benzene rings is 3. The number of hydrogen-bond acceptors (Lipinski definition) is 3. The summed E-state index contributed by atoms with van der Waals surface area (Å²) >= 11 is 1.74. The Balaban J connectivity index is 1.79. The zero-order chi connectivity index (χ0) is 18.4. The van der Waals surface area contributed by atoms with Gasteiger partial charge in [0.05, 0.1) is 0 Å². The summed E-state index contributed by atoms with van der Waals surface area (Å²) in [6.07, 6.45) is 4.63. The number of allylic oxidation sites excluding steroid dienone is 2. The molecule has 0 aromatic heterocycles. The summed E-state index contributed by atoms with van der Waals surface area (Å²) < 4.78 is 0. The van der Waals surface area contributed by atoms with Crippen molar-refractivity contribution in [2.24, 2.45) is 0 Å². The SMILES string of the molecule is CSc1ccc([C@@H]2C3=C(CCCC3=O)Nc3ccc4ccccc4c32)cc1. The van der Waals surface area contributed by atoms with Crippen LogP contribution in [0.5, 0.6) is 0 Å². The van der Waals surface area contributed by atoms with Crippen LogP contribution in [-0.2, 0) is 4.79 Å². The minimum atomic E-state index is 0.00561. The van der Waals surface area contributed by atoms with E-state index in [2.05, 4.69) is 72.2 Å². The third-order valence-corrected chi connectivity index (χ3v) is 6.48. The standard InChI is InChI=1S/C24H21NOS/c1-27-17-12-9-16(10-13-17)22-23-18-6-3-2-5-15(18)11-14-20(23)25-19-7-4-8-21(26)24(19)22/h2-3,5-6,9-14,22,25H,4,7-8H2,1H3/t22-/m0/s1. The number of rotatable bonds is 2. The summed E-state index contributed by atoms with van der Waals surface area (Å²) in [5.74, 6) is 0.298. The van der Waals surface area contributed by atoms with E-state index in [9.17, 15) is 4.79 Å². The van der Waals surface area contributed by atoms with Gasteiger partial charge in [-0.1, -0.05) is 42.5 Å². The molecule has 0 saturated heterocycles. The van der Waals surface area contributed by atoms with Crippen LogP contribution in [0.3, 0.4) is 0 Å². The topological polar surface area (TPSA) is 29.1 Å². The largest absolute Gasteiger partial charge is 0.358 e. The van der Waals surface area contributed by atoms with Crippen molar-refractivity contribution in [2.45, 2.75) is 30.1 Å². The van der Waals surface area contributed by atoms with Gasteiger partial charge in [0, 0.05) is 34.2 Å². The predicted molar refractivity (Wildman–Crippen MR) is 114 cm³/mol. The number of thioether (sulfide) groups is 1. The van der Waals surface area contributed by atoms with E-state index in [1.807, 2.05) is 0 Å². The number of carbonyl (C=O) groups is 1. The molecule has 0 radical (unpaired) electrons. The summed E-state index contributed by atoms with van der Waals surface area (Å²) in [4.78, 5) is 14.2. The van der Waals surface area contributed by atoms with Crippen LogP contribution >= 0.6 is 11.8 Å². The smallest absolute Gasteiger partial charge is 0.161 e. The third-order valence-electron chi connectivity index (χ3n) is 5.74. The molecule has 1 aliphatic carbocycles. The lowest BCUT2D eigenvalue weighted by atomic mass is 9.74. The van der Waals surface area contributed by atoms with Gasteiger partial charge in [-0.3, -0.25) is 4.79 Å². The number of ketones is 1. The number of Topliss-reactive ketones (excluding diaryl/α,β-unsaturated/α-hetero) is 1. The van der Waals surface area contributed by atoms with E-state index in [0.29, 0.717) is 12.2 Å². The summed E-state index contributed by atoms with van der Waals surface area (Å²) in [5, 5.41) is 6.05. The fourth-order valence-corrected chi connectivity index (χ4v) is 4.89. The van der Waals surface area contributed by atoms with Crippen molar-refractivity contribution in [3.05, 3.63) is 83.1 Å². The maximum absolute atomic E-state index is 13.0. The quantitative estimate of drug-likeness (QED) is 0.550. The molecule has 1 N–H and O–H groups in total. The highest BCUT2D eigenvalue weighted by Gasteiger charge is 2.35. The van der Waals surface area contributed by atoms with Crippen molar-refractivity contribution in [3.8, 4) is 0 Å². The Kier molecular flexibility index (Phi) is 4.05. The Hall–Kier alpha value is -2.52. The van der Waals surface area contributed by atoms with E-state index in [1.54, 1.807) is 11.8 Å². The molecule has 0 saturated carbocycles. The number of anilines is 1. The normalized spacial score (nSPS) is 18.9. The van der Waals surface area contributed by atoms with Gasteiger partial charge in [-0.25, -0.2) is 0 Å². The van der Waals surface area contributed by atoms with E-state index in [-0.39, 0.29) is 5.92 Å². The van der Waals surface area contributed by atoms with Gasteiger partial charge in [0.15, 0.2) is 5.78 Å². The minimum Gasteiger partial charge on any atom is -0.358 e. The second kappa shape index (κ2) is 6.58. The first kappa shape index (κ1) is 16.6. The molecule has 0 fully saturated rings. The Labute approximate surface area is 163 Å². The van der Waals surface area contributed by atoms with Crippen LogP contribution in [0.15, 0.2) is 76.8 Å². The molecule has 3 heteroatoms. The first-order chi connectivity index (χ1) is 13.3. The van der Waals surface area contributed by atoms with Crippen LogP contribution in [0, 0.1) is 0 Å². The second-order valence-electron chi connectivity index (χ2n) is 7.25. The molecule has 0 unspecified atom stereocenters. The van der Waals surface area contributed by atoms with E-state index < -0.39 is 0 Å². The van der Waals surface area contributed by atoms with Crippen molar-refractivity contribution in [2.75, 3.05) is 11.6 Å². The van der Waals surface area contributed by atoms with Crippen LogP contribution < -0.4 is 5.32 Å². The molecule has 27 heavy (non-hydrogen) atoms. The summed E-state index contributed by atoms with van der Waals surface area (Å²) in [5.41, 5.74) is 5.67. The van der Waals surface area contributed by atoms with Crippen LogP contribution in [0.2, 0.25) is 0 Å². The van der Waals surface area contributed by atoms with Gasteiger partial charge < -0.3 is 5.32 Å². The van der Waals surface area contributed by atoms with Gasteiger partial charge in [0.1, 0.15) is 0 Å². The van der Waals surface area contributed by atoms with Crippen molar-refractivity contribution in [3.63, 3.8) is 0 Å². The second-order valence-corrected chi connectivity index (χ2v) is 8.13. The minimum absolute atomic E-state index is 0.00561. The molecule has 2 aliphatic rings. The maximum Gasteiger partial charge on any atom is 0.161 e. The number of hydrogen-bond donors (Lipinski definition) is 1. The van der Waals surface area contributed by atoms with Gasteiger partial charge in [-0.05, 0) is 59.2 Å². The van der Waals surface area contributed by atoms with Gasteiger partial charge in [-0.2, -0.15) is 0 Å². The van der Waals surface area contributed by atoms with Crippen molar-refractivity contribution >= 4 is 34.0 Å². The Morgan fingerprint density at radius 3 is 2.59 bits per heavy atom. The molecule has 5 rings (SSSR count). The summed E-state index contributed by atoms with van der Waals surface area (Å²) in [6, 6.07) is 21.6. The molecular weight excluding hydrogens is 350 g/mol. The highest BCUT2D eigenvalue weighted by atomic mass is 32.2. The number of carbonyl (C=O) groups excluding carboxylic acids is 1. The zero-order valence-corrected chi connectivity index (χ0v) is 16.1. The molecule has 2 nitrogen and oxygen atoms in total. The van der Waals surface area contributed by atoms with Gasteiger partial charge in [-0.15, -0.1) is 11.8 Å². The van der Waals surface area contributed by atoms with Crippen LogP contribution in [-0.4, -0.2) is 12.0 Å². The third kappa shape index (κ3) is 2.69. The highest BCUT2D eigenvalue weighted by Crippen LogP contribution is 2.48. The molecule has 1 aliphatic heterocycles. The van der Waals surface area contributed by atoms with E-state index >= 15 is 0 Å². The van der Waals surface area contributed by atoms with E-state index in [4.69, 9.17) is 0 Å². The maximum atomic E-state index is 13.0. The molecule has 1 atom stereocenters. The van der Waals surface area contributed by atoms with E-state index in [1.165, 1.54) is 26.8 Å². The van der Waals surface area contributed by atoms with Crippen molar-refractivity contribution in [1.29, 1.82) is 0 Å². The molecule has 0 amide bonds. The fraction of sp³-hybridized carbons (Fsp3) is 0.208. The lowest BCUT2D eigenvalue weighted by Gasteiger charge is -2.35. The Morgan fingerprint density at radius 1 is 0.963 bits per heavy atom. The predicted octanol–water partition coefficient (Wildman–Crippen LogP) is 6.13. The van der Waals surface area contributed by atoms with Gasteiger partial charge in [0.2, 0.25) is 0 Å². The van der Waals surface area contributed by atoms with Crippen molar-refractivity contribution in [1.82, 2.24) is 0 Å². The lowest BCUT2D eigenvalue weighted by molar-refractivity contribution is -0.116. The fourth-order valence-electron chi connectivity index (χ4n) is 4.48. The van der Waals surface area contributed by atoms with Crippen LogP contribution in [0.1, 0.15) is 36.3 Å². The zero-order valence-electron chi connectivity index (χ0n) is 15.3. The molecule has 3 aromatic carbocycles. The van der Waals surface area contributed by atoms with Gasteiger partial charge >= 0.3 is 0 Å². The van der Waals surface area contributed by atoms with E-state index in [0.717, 1.165) is 29.8 Å². The lowest BCUT2D eigenvalue weighted by Crippen LogP contribution is -2.27. The van der Waals surface area contributed by atoms with Crippen LogP contribution in [0.25, 0.3) is 10.8 Å². The Morgan fingerprint density at radius 2 is 1.78 bits per heavy atom. The monoisotopic (exact) mass is 371 g/mol. The molecule has 0 spiro atoms. The number of nitrogens with one attached hydrogen (secondary N) is 1. The van der Waals surface area contributed by atoms with Crippen molar-refractivity contribution < 1.29 is 4.79 Å². The first-order valence-corrected chi connectivity index (χ1v) is 10.7. The summed E-state index contributed by atoms with van der Waals surface area (Å²) in [6.45, 7) is 0. The highest BCUT2D eigenvalue weighted by molar-refractivity contribution is 7.98. The molecule has 1 heterocycles. The Bertz CT molecular complexity index is 1080. The number of fused-ring (bicyclic) bond motifs is 3. The molecule has 3 aromatic rings. The molecule has 0 bridgehead atoms. The average Bonchev–Trinajstić information content (AvgIpc) is 2.72. The molecular formula is C24H21NOS. The molecule has 134 valence electrons.